The molecule has 0 spiro atoms. The number of aromatic nitrogens is 2. The first kappa shape index (κ1) is 24.5. The summed E-state index contributed by atoms with van der Waals surface area (Å²) in [4.78, 5) is 17.7. The summed E-state index contributed by atoms with van der Waals surface area (Å²) in [6, 6.07) is 14.3. The summed E-state index contributed by atoms with van der Waals surface area (Å²) in [5, 5.41) is 4.76. The number of rotatable bonds is 5. The fourth-order valence-electron chi connectivity index (χ4n) is 3.28. The van der Waals surface area contributed by atoms with E-state index in [1.807, 2.05) is 0 Å². The van der Waals surface area contributed by atoms with E-state index in [9.17, 15) is 18.0 Å². The highest BCUT2D eigenvalue weighted by Crippen LogP contribution is 2.34. The topological polar surface area (TPSA) is 56.5 Å². The molecule has 5 nitrogen and oxygen atoms in total. The third-order valence-corrected chi connectivity index (χ3v) is 5.71. The molecular weight excluding hydrogens is 547 g/mol. The minimum atomic E-state index is -4.56. The number of terminal acetylenes is 1. The molecule has 35 heavy (non-hydrogen) atoms. The lowest BCUT2D eigenvalue weighted by Crippen LogP contribution is -2.20. The summed E-state index contributed by atoms with van der Waals surface area (Å²) in [6.07, 6.45) is 1.99. The molecule has 0 saturated carbocycles. The maximum absolute atomic E-state index is 13.3. The maximum atomic E-state index is 13.3. The van der Waals surface area contributed by atoms with Crippen LogP contribution in [0, 0.1) is 12.3 Å². The Labute approximate surface area is 211 Å². The first-order valence-corrected chi connectivity index (χ1v) is 11.1. The van der Waals surface area contributed by atoms with Crippen molar-refractivity contribution < 1.29 is 17.9 Å². The monoisotopic (exact) mass is 559 g/mol. The van der Waals surface area contributed by atoms with Gasteiger partial charge in [-0.25, -0.2) is 4.98 Å². The second-order valence-corrected chi connectivity index (χ2v) is 8.46. The van der Waals surface area contributed by atoms with Crippen LogP contribution in [0.25, 0.3) is 22.3 Å². The van der Waals surface area contributed by atoms with Gasteiger partial charge in [-0.2, -0.15) is 22.9 Å². The van der Waals surface area contributed by atoms with Crippen molar-refractivity contribution in [1.82, 2.24) is 9.66 Å². The predicted molar refractivity (Wildman–Crippen MR) is 133 cm³/mol. The van der Waals surface area contributed by atoms with Gasteiger partial charge in [0.05, 0.1) is 32.2 Å². The Kier molecular flexibility index (Phi) is 6.96. The Morgan fingerprint density at radius 3 is 2.66 bits per heavy atom. The van der Waals surface area contributed by atoms with Gasteiger partial charge in [0.15, 0.2) is 11.6 Å². The number of ether oxygens (including phenoxy) is 1. The second-order valence-electron chi connectivity index (χ2n) is 7.20. The first-order chi connectivity index (χ1) is 16.7. The van der Waals surface area contributed by atoms with E-state index in [1.165, 1.54) is 18.3 Å². The number of alkyl halides is 3. The molecule has 0 unspecified atom stereocenters. The molecule has 0 atom stereocenters. The van der Waals surface area contributed by atoms with Gasteiger partial charge in [0.2, 0.25) is 0 Å². The molecule has 10 heteroatoms. The zero-order valence-corrected chi connectivity index (χ0v) is 20.0. The van der Waals surface area contributed by atoms with Crippen LogP contribution in [0.3, 0.4) is 0 Å². The van der Waals surface area contributed by atoms with Crippen LogP contribution >= 0.6 is 27.5 Å². The van der Waals surface area contributed by atoms with Crippen molar-refractivity contribution in [3.8, 4) is 29.5 Å². The Bertz CT molecular complexity index is 1540. The minimum Gasteiger partial charge on any atom is -0.478 e. The molecule has 0 amide bonds. The van der Waals surface area contributed by atoms with E-state index in [2.05, 4.69) is 31.9 Å². The normalized spacial score (nSPS) is 11.7. The van der Waals surface area contributed by atoms with Crippen molar-refractivity contribution in [2.45, 2.75) is 6.18 Å². The lowest BCUT2D eigenvalue weighted by Gasteiger charge is -2.12. The van der Waals surface area contributed by atoms with Crippen LogP contribution in [-0.4, -0.2) is 22.5 Å². The Morgan fingerprint density at radius 1 is 1.17 bits per heavy atom. The van der Waals surface area contributed by atoms with Crippen molar-refractivity contribution in [1.29, 1.82) is 0 Å². The highest BCUT2D eigenvalue weighted by atomic mass is 79.9. The first-order valence-electron chi connectivity index (χ1n) is 9.98. The summed E-state index contributed by atoms with van der Waals surface area (Å²) in [6.45, 7) is 0.0181. The van der Waals surface area contributed by atoms with E-state index in [4.69, 9.17) is 22.8 Å². The molecule has 0 N–H and O–H groups in total. The van der Waals surface area contributed by atoms with E-state index in [0.717, 1.165) is 16.8 Å². The van der Waals surface area contributed by atoms with Crippen LogP contribution in [0.2, 0.25) is 5.02 Å². The molecule has 0 radical (unpaired) electrons. The van der Waals surface area contributed by atoms with Gasteiger partial charge >= 0.3 is 6.18 Å². The van der Waals surface area contributed by atoms with Crippen molar-refractivity contribution >= 4 is 44.6 Å². The highest BCUT2D eigenvalue weighted by molar-refractivity contribution is 9.10. The van der Waals surface area contributed by atoms with Crippen LogP contribution < -0.4 is 10.3 Å². The third kappa shape index (κ3) is 5.24. The number of nitrogens with zero attached hydrogens (tertiary/aromatic N) is 3. The Morgan fingerprint density at radius 2 is 1.94 bits per heavy atom. The fourth-order valence-corrected chi connectivity index (χ4v) is 4.27. The molecule has 0 bridgehead atoms. The van der Waals surface area contributed by atoms with Crippen molar-refractivity contribution in [3.63, 3.8) is 0 Å². The van der Waals surface area contributed by atoms with E-state index >= 15 is 0 Å². The molecule has 1 aromatic heterocycles. The van der Waals surface area contributed by atoms with Gasteiger partial charge in [0.1, 0.15) is 6.61 Å². The third-order valence-electron chi connectivity index (χ3n) is 4.84. The van der Waals surface area contributed by atoms with Gasteiger partial charge in [-0.3, -0.25) is 4.79 Å². The summed E-state index contributed by atoms with van der Waals surface area (Å²) in [7, 11) is 0. The van der Waals surface area contributed by atoms with E-state index < -0.39 is 17.3 Å². The molecule has 0 fully saturated rings. The zero-order valence-electron chi connectivity index (χ0n) is 17.7. The average Bonchev–Trinajstić information content (AvgIpc) is 2.82. The SMILES string of the molecule is C#CCOc1c(Cl)cc(C=Nn2c(-c3cccc(C(F)(F)F)c3)nc3ccccc3c2=O)cc1Br. The van der Waals surface area contributed by atoms with Gasteiger partial charge in [0, 0.05) is 5.56 Å². The van der Waals surface area contributed by atoms with Gasteiger partial charge in [0.25, 0.3) is 5.56 Å². The van der Waals surface area contributed by atoms with Crippen molar-refractivity contribution in [3.05, 3.63) is 91.6 Å². The quantitative estimate of drug-likeness (QED) is 0.210. The lowest BCUT2D eigenvalue weighted by molar-refractivity contribution is -0.137. The van der Waals surface area contributed by atoms with Gasteiger partial charge in [-0.05, 0) is 57.9 Å². The average molecular weight is 561 g/mol. The molecule has 176 valence electrons. The molecule has 0 aliphatic heterocycles. The summed E-state index contributed by atoms with van der Waals surface area (Å²) in [5.74, 6) is 2.64. The molecule has 1 heterocycles. The standard InChI is InChI=1S/C25H14BrClF3N3O2/c1-2-10-35-22-19(26)11-15(12-20(22)27)14-31-33-23(16-6-5-7-17(13-16)25(28,29)30)32-21-9-4-3-8-18(21)24(33)34/h1,3-9,11-14H,10H2. The molecule has 4 rings (SSSR count). The fraction of sp³-hybridized carbons (Fsp3) is 0.0800. The molecule has 0 aliphatic carbocycles. The van der Waals surface area contributed by atoms with Crippen molar-refractivity contribution in [2.75, 3.05) is 6.61 Å². The lowest BCUT2D eigenvalue weighted by atomic mass is 10.1. The van der Waals surface area contributed by atoms with Crippen LogP contribution in [0.15, 0.2) is 75.0 Å². The van der Waals surface area contributed by atoms with E-state index in [1.54, 1.807) is 36.4 Å². The number of hydrogen-bond acceptors (Lipinski definition) is 4. The molecule has 4 aromatic rings. The summed E-state index contributed by atoms with van der Waals surface area (Å²) >= 11 is 9.63. The van der Waals surface area contributed by atoms with Gasteiger partial charge in [-0.15, -0.1) is 6.42 Å². The van der Waals surface area contributed by atoms with Crippen LogP contribution in [-0.2, 0) is 6.18 Å². The summed E-state index contributed by atoms with van der Waals surface area (Å²) in [5.41, 5.74) is -0.510. The summed E-state index contributed by atoms with van der Waals surface area (Å²) < 4.78 is 46.8. The Hall–Kier alpha value is -3.61. The van der Waals surface area contributed by atoms with Gasteiger partial charge < -0.3 is 4.74 Å². The maximum Gasteiger partial charge on any atom is 0.416 e. The number of hydrogen-bond donors (Lipinski definition) is 0. The van der Waals surface area contributed by atoms with Crippen molar-refractivity contribution in [2.24, 2.45) is 5.10 Å². The van der Waals surface area contributed by atoms with Crippen LogP contribution in [0.1, 0.15) is 11.1 Å². The number of para-hydroxylation sites is 1. The minimum absolute atomic E-state index is 0.0181. The molecule has 0 saturated heterocycles. The zero-order chi connectivity index (χ0) is 25.2. The van der Waals surface area contributed by atoms with Gasteiger partial charge in [-0.1, -0.05) is 41.8 Å². The predicted octanol–water partition coefficient (Wildman–Crippen LogP) is 6.39. The highest BCUT2D eigenvalue weighted by Gasteiger charge is 2.31. The largest absolute Gasteiger partial charge is 0.478 e. The number of benzene rings is 3. The van der Waals surface area contributed by atoms with E-state index in [0.29, 0.717) is 21.3 Å². The van der Waals surface area contributed by atoms with E-state index in [-0.39, 0.29) is 28.4 Å². The second kappa shape index (κ2) is 9.94. The van der Waals surface area contributed by atoms with Crippen LogP contribution in [0.4, 0.5) is 13.2 Å². The van der Waals surface area contributed by atoms with Crippen LogP contribution in [0.5, 0.6) is 5.75 Å². The number of fused-ring (bicyclic) bond motifs is 1. The smallest absolute Gasteiger partial charge is 0.416 e. The number of halogens is 5. The molecule has 3 aromatic carbocycles. The molecule has 0 aliphatic rings. The molecular formula is C25H14BrClF3N3O2. The Balaban J connectivity index is 1.87.